The molecule has 0 saturated carbocycles. The van der Waals surface area contributed by atoms with Gasteiger partial charge in [-0.3, -0.25) is 9.59 Å². The number of ether oxygens (including phenoxy) is 2. The van der Waals surface area contributed by atoms with Gasteiger partial charge in [-0.05, 0) is 59.5 Å². The van der Waals surface area contributed by atoms with Crippen molar-refractivity contribution in [3.05, 3.63) is 137 Å². The maximum Gasteiger partial charge on any atom is 0.295 e. The lowest BCUT2D eigenvalue weighted by Crippen LogP contribution is -2.29. The van der Waals surface area contributed by atoms with Gasteiger partial charge >= 0.3 is 0 Å². The van der Waals surface area contributed by atoms with Crippen molar-refractivity contribution >= 4 is 17.4 Å². The highest BCUT2D eigenvalue weighted by atomic mass is 16.5. The van der Waals surface area contributed by atoms with Crippen LogP contribution in [0.2, 0.25) is 0 Å². The second-order valence-corrected chi connectivity index (χ2v) is 9.63. The molecule has 1 heterocycles. The minimum absolute atomic E-state index is 0.0566. The van der Waals surface area contributed by atoms with Crippen LogP contribution < -0.4 is 9.47 Å². The number of carbonyl (C=O) groups is 2. The number of aliphatic hydroxyl groups is 1. The van der Waals surface area contributed by atoms with Crippen LogP contribution in [0.4, 0.5) is 0 Å². The number of nitrogens with zero attached hydrogens (tertiary/aromatic N) is 1. The lowest BCUT2D eigenvalue weighted by atomic mass is 9.95. The molecule has 1 amide bonds. The summed E-state index contributed by atoms with van der Waals surface area (Å²) in [6.45, 7) is 3.26. The molecule has 1 fully saturated rings. The SMILES string of the molecule is CCCOc1ccc(C(O)=C2C(=O)C(=O)N(Cc3ccccc3)C2c2ccc(OCc3ccccc3)cc2)cc1. The number of Topliss-reactive ketones (excluding diaryl/α,β-unsaturated/α-hetero) is 1. The summed E-state index contributed by atoms with van der Waals surface area (Å²) in [6, 6.07) is 32.8. The molecule has 1 aliphatic rings. The number of ketones is 1. The van der Waals surface area contributed by atoms with Crippen LogP contribution in [-0.2, 0) is 22.7 Å². The highest BCUT2D eigenvalue weighted by Crippen LogP contribution is 2.41. The smallest absolute Gasteiger partial charge is 0.295 e. The standard InChI is InChI=1S/C34H31NO5/c1-2-21-39-28-19-15-27(16-20-28)32(36)30-31(35(34(38)33(30)37)22-24-9-5-3-6-10-24)26-13-17-29(18-14-26)40-23-25-11-7-4-8-12-25/h3-20,31,36H,2,21-23H2,1H3. The maximum atomic E-state index is 13.4. The van der Waals surface area contributed by atoms with E-state index in [0.717, 1.165) is 17.5 Å². The third-order valence-corrected chi connectivity index (χ3v) is 6.78. The minimum Gasteiger partial charge on any atom is -0.507 e. The van der Waals surface area contributed by atoms with Crippen LogP contribution in [0.5, 0.6) is 11.5 Å². The molecular weight excluding hydrogens is 502 g/mol. The predicted octanol–water partition coefficient (Wildman–Crippen LogP) is 6.68. The Morgan fingerprint density at radius 3 is 1.95 bits per heavy atom. The first-order valence-corrected chi connectivity index (χ1v) is 13.4. The topological polar surface area (TPSA) is 76.1 Å². The lowest BCUT2D eigenvalue weighted by Gasteiger charge is -2.25. The molecule has 5 rings (SSSR count). The minimum atomic E-state index is -0.764. The fraction of sp³-hybridized carbons (Fsp3) is 0.176. The Hall–Kier alpha value is -4.84. The Bertz CT molecular complexity index is 1480. The third kappa shape index (κ3) is 5.91. The average Bonchev–Trinajstić information content (AvgIpc) is 3.25. The monoisotopic (exact) mass is 533 g/mol. The highest BCUT2D eigenvalue weighted by molar-refractivity contribution is 6.46. The fourth-order valence-corrected chi connectivity index (χ4v) is 4.74. The van der Waals surface area contributed by atoms with Crippen LogP contribution in [0.3, 0.4) is 0 Å². The number of aliphatic hydroxyl groups excluding tert-OH is 1. The van der Waals surface area contributed by atoms with Gasteiger partial charge in [-0.25, -0.2) is 0 Å². The molecule has 0 radical (unpaired) electrons. The van der Waals surface area contributed by atoms with Crippen molar-refractivity contribution in [3.8, 4) is 11.5 Å². The largest absolute Gasteiger partial charge is 0.507 e. The van der Waals surface area contributed by atoms with Crippen molar-refractivity contribution in [2.75, 3.05) is 6.61 Å². The van der Waals surface area contributed by atoms with Crippen LogP contribution in [0.15, 0.2) is 115 Å². The molecule has 1 aliphatic heterocycles. The zero-order valence-corrected chi connectivity index (χ0v) is 22.3. The summed E-state index contributed by atoms with van der Waals surface area (Å²) in [7, 11) is 0. The molecule has 6 heteroatoms. The van der Waals surface area contributed by atoms with Crippen molar-refractivity contribution in [1.29, 1.82) is 0 Å². The molecule has 40 heavy (non-hydrogen) atoms. The zero-order chi connectivity index (χ0) is 27.9. The average molecular weight is 534 g/mol. The first kappa shape index (κ1) is 26.8. The van der Waals surface area contributed by atoms with E-state index in [9.17, 15) is 14.7 Å². The van der Waals surface area contributed by atoms with Crippen molar-refractivity contribution in [2.45, 2.75) is 32.5 Å². The summed E-state index contributed by atoms with van der Waals surface area (Å²) < 4.78 is 11.6. The Kier molecular flexibility index (Phi) is 8.26. The van der Waals surface area contributed by atoms with E-state index < -0.39 is 17.7 Å². The first-order valence-electron chi connectivity index (χ1n) is 13.4. The molecule has 0 aromatic heterocycles. The van der Waals surface area contributed by atoms with Crippen LogP contribution >= 0.6 is 0 Å². The molecule has 1 N–H and O–H groups in total. The first-order chi connectivity index (χ1) is 19.5. The second kappa shape index (κ2) is 12.3. The highest BCUT2D eigenvalue weighted by Gasteiger charge is 2.46. The Balaban J connectivity index is 1.48. The molecule has 4 aromatic rings. The van der Waals surface area contributed by atoms with Crippen molar-refractivity contribution in [1.82, 2.24) is 4.90 Å². The molecule has 202 valence electrons. The number of hydrogen-bond acceptors (Lipinski definition) is 5. The number of amides is 1. The molecule has 1 saturated heterocycles. The summed E-state index contributed by atoms with van der Waals surface area (Å²) in [4.78, 5) is 28.2. The van der Waals surface area contributed by atoms with E-state index in [2.05, 4.69) is 0 Å². The molecule has 1 atom stereocenters. The van der Waals surface area contributed by atoms with Gasteiger partial charge in [0.05, 0.1) is 18.2 Å². The van der Waals surface area contributed by atoms with E-state index in [4.69, 9.17) is 9.47 Å². The Labute approximate surface area is 234 Å². The van der Waals surface area contributed by atoms with Gasteiger partial charge in [0.1, 0.15) is 23.9 Å². The number of carbonyl (C=O) groups excluding carboxylic acids is 2. The molecule has 6 nitrogen and oxygen atoms in total. The summed E-state index contributed by atoms with van der Waals surface area (Å²) in [6.07, 6.45) is 0.878. The summed E-state index contributed by atoms with van der Waals surface area (Å²) >= 11 is 0. The molecule has 0 bridgehead atoms. The lowest BCUT2D eigenvalue weighted by molar-refractivity contribution is -0.140. The summed E-state index contributed by atoms with van der Waals surface area (Å²) in [5.41, 5.74) is 3.13. The summed E-state index contributed by atoms with van der Waals surface area (Å²) in [5.74, 6) is -0.247. The molecule has 0 spiro atoms. The van der Waals surface area contributed by atoms with Crippen molar-refractivity contribution in [2.24, 2.45) is 0 Å². The number of hydrogen-bond donors (Lipinski definition) is 1. The van der Waals surface area contributed by atoms with Crippen molar-refractivity contribution in [3.63, 3.8) is 0 Å². The van der Waals surface area contributed by atoms with Gasteiger partial charge in [0.15, 0.2) is 0 Å². The van der Waals surface area contributed by atoms with Gasteiger partial charge in [-0.2, -0.15) is 0 Å². The van der Waals surface area contributed by atoms with Crippen molar-refractivity contribution < 1.29 is 24.2 Å². The van der Waals surface area contributed by atoms with Gasteiger partial charge < -0.3 is 19.5 Å². The van der Waals surface area contributed by atoms with Gasteiger partial charge in [0, 0.05) is 12.1 Å². The van der Waals surface area contributed by atoms with Crippen LogP contribution in [0.1, 0.15) is 41.6 Å². The number of benzene rings is 4. The summed E-state index contributed by atoms with van der Waals surface area (Å²) in [5, 5.41) is 11.4. The maximum absolute atomic E-state index is 13.4. The van der Waals surface area contributed by atoms with Gasteiger partial charge in [0.25, 0.3) is 11.7 Å². The zero-order valence-electron chi connectivity index (χ0n) is 22.3. The fourth-order valence-electron chi connectivity index (χ4n) is 4.74. The number of rotatable bonds is 10. The number of likely N-dealkylation sites (tertiary alicyclic amines) is 1. The van der Waals surface area contributed by atoms with Gasteiger partial charge in [0.2, 0.25) is 0 Å². The predicted molar refractivity (Wildman–Crippen MR) is 154 cm³/mol. The normalized spacial score (nSPS) is 16.2. The van der Waals surface area contributed by atoms with Crippen LogP contribution in [0.25, 0.3) is 5.76 Å². The molecule has 0 aliphatic carbocycles. The van der Waals surface area contributed by atoms with E-state index in [1.54, 1.807) is 24.3 Å². The van der Waals surface area contributed by atoms with E-state index in [1.807, 2.05) is 91.9 Å². The van der Waals surface area contributed by atoms with Crippen LogP contribution in [0, 0.1) is 0 Å². The third-order valence-electron chi connectivity index (χ3n) is 6.78. The van der Waals surface area contributed by atoms with E-state index in [-0.39, 0.29) is 17.9 Å². The van der Waals surface area contributed by atoms with E-state index >= 15 is 0 Å². The molecular formula is C34H31NO5. The molecule has 1 unspecified atom stereocenters. The second-order valence-electron chi connectivity index (χ2n) is 9.63. The van der Waals surface area contributed by atoms with Gasteiger partial charge in [-0.1, -0.05) is 79.7 Å². The Morgan fingerprint density at radius 2 is 1.32 bits per heavy atom. The van der Waals surface area contributed by atoms with Gasteiger partial charge in [-0.15, -0.1) is 0 Å². The molecule has 4 aromatic carbocycles. The quantitative estimate of drug-likeness (QED) is 0.140. The Morgan fingerprint density at radius 1 is 0.750 bits per heavy atom. The van der Waals surface area contributed by atoms with Crippen LogP contribution in [-0.4, -0.2) is 28.3 Å². The van der Waals surface area contributed by atoms with E-state index in [0.29, 0.717) is 35.8 Å². The van der Waals surface area contributed by atoms with E-state index in [1.165, 1.54) is 4.90 Å².